The normalized spacial score (nSPS) is 11.0. The van der Waals surface area contributed by atoms with Gasteiger partial charge in [-0.05, 0) is 48.8 Å². The minimum atomic E-state index is 0.687. The van der Waals surface area contributed by atoms with E-state index in [-0.39, 0.29) is 0 Å². The van der Waals surface area contributed by atoms with Crippen LogP contribution in [-0.4, -0.2) is 10.1 Å². The molecule has 0 spiro atoms. The van der Waals surface area contributed by atoms with Gasteiger partial charge < -0.3 is 9.84 Å². The van der Waals surface area contributed by atoms with Gasteiger partial charge in [-0.2, -0.15) is 0 Å². The summed E-state index contributed by atoms with van der Waals surface area (Å²) >= 11 is 3.56. The Balaban J connectivity index is 1.99. The SMILES string of the molecule is Cc1cc(NCc2c(C)noc2C)c2cccc(Br)c2n1. The lowest BCUT2D eigenvalue weighted by atomic mass is 10.1. The monoisotopic (exact) mass is 345 g/mol. The Morgan fingerprint density at radius 3 is 2.76 bits per heavy atom. The van der Waals surface area contributed by atoms with Crippen molar-refractivity contribution in [3.05, 3.63) is 51.4 Å². The molecule has 0 aliphatic carbocycles. The first-order valence-electron chi connectivity index (χ1n) is 6.77. The number of benzene rings is 1. The molecule has 0 aliphatic rings. The van der Waals surface area contributed by atoms with E-state index in [1.807, 2.05) is 32.9 Å². The lowest BCUT2D eigenvalue weighted by Gasteiger charge is -2.11. The second-order valence-electron chi connectivity index (χ2n) is 5.10. The van der Waals surface area contributed by atoms with E-state index in [1.165, 1.54) is 0 Å². The summed E-state index contributed by atoms with van der Waals surface area (Å²) in [4.78, 5) is 4.60. The molecule has 21 heavy (non-hydrogen) atoms. The Morgan fingerprint density at radius 1 is 1.24 bits per heavy atom. The van der Waals surface area contributed by atoms with Gasteiger partial charge in [0.05, 0.1) is 11.2 Å². The Labute approximate surface area is 131 Å². The molecule has 2 aromatic heterocycles. The third-order valence-electron chi connectivity index (χ3n) is 3.56. The first kappa shape index (κ1) is 14.1. The topological polar surface area (TPSA) is 51.0 Å². The highest BCUT2D eigenvalue weighted by Crippen LogP contribution is 2.29. The maximum Gasteiger partial charge on any atom is 0.138 e. The molecule has 3 rings (SSSR count). The van der Waals surface area contributed by atoms with Crippen LogP contribution >= 0.6 is 15.9 Å². The van der Waals surface area contributed by atoms with Crippen LogP contribution in [0.5, 0.6) is 0 Å². The highest BCUT2D eigenvalue weighted by Gasteiger charge is 2.11. The lowest BCUT2D eigenvalue weighted by molar-refractivity contribution is 0.392. The first-order valence-corrected chi connectivity index (χ1v) is 7.57. The molecule has 1 N–H and O–H groups in total. The molecule has 0 fully saturated rings. The molecule has 0 amide bonds. The molecular formula is C16H16BrN3O. The molecule has 4 nitrogen and oxygen atoms in total. The number of pyridine rings is 1. The van der Waals surface area contributed by atoms with Gasteiger partial charge >= 0.3 is 0 Å². The molecule has 1 aromatic carbocycles. The number of hydrogen-bond acceptors (Lipinski definition) is 4. The molecule has 0 unspecified atom stereocenters. The number of nitrogens with one attached hydrogen (secondary N) is 1. The summed E-state index contributed by atoms with van der Waals surface area (Å²) in [5, 5.41) is 8.57. The summed E-state index contributed by atoms with van der Waals surface area (Å²) in [6.07, 6.45) is 0. The van der Waals surface area contributed by atoms with E-state index in [0.717, 1.165) is 43.8 Å². The minimum Gasteiger partial charge on any atom is -0.380 e. The smallest absolute Gasteiger partial charge is 0.138 e. The average Bonchev–Trinajstić information content (AvgIpc) is 2.77. The van der Waals surface area contributed by atoms with Crippen LogP contribution in [0.4, 0.5) is 5.69 Å². The van der Waals surface area contributed by atoms with Crippen molar-refractivity contribution in [2.24, 2.45) is 0 Å². The number of rotatable bonds is 3. The molecule has 0 saturated heterocycles. The van der Waals surface area contributed by atoms with Crippen molar-refractivity contribution in [3.63, 3.8) is 0 Å². The average molecular weight is 346 g/mol. The van der Waals surface area contributed by atoms with E-state index >= 15 is 0 Å². The number of halogens is 1. The maximum atomic E-state index is 5.20. The number of hydrogen-bond donors (Lipinski definition) is 1. The molecule has 0 radical (unpaired) electrons. The van der Waals surface area contributed by atoms with E-state index in [1.54, 1.807) is 0 Å². The fourth-order valence-electron chi connectivity index (χ4n) is 2.43. The van der Waals surface area contributed by atoms with Gasteiger partial charge in [-0.25, -0.2) is 0 Å². The predicted molar refractivity (Wildman–Crippen MR) is 87.5 cm³/mol. The molecule has 0 aliphatic heterocycles. The summed E-state index contributed by atoms with van der Waals surface area (Å²) in [5.74, 6) is 0.858. The van der Waals surface area contributed by atoms with E-state index in [0.29, 0.717) is 6.54 Å². The maximum absolute atomic E-state index is 5.20. The summed E-state index contributed by atoms with van der Waals surface area (Å²) in [6, 6.07) is 8.16. The largest absolute Gasteiger partial charge is 0.380 e. The lowest BCUT2D eigenvalue weighted by Crippen LogP contribution is -2.03. The third kappa shape index (κ3) is 2.65. The Kier molecular flexibility index (Phi) is 3.68. The van der Waals surface area contributed by atoms with Crippen molar-refractivity contribution in [3.8, 4) is 0 Å². The molecule has 3 aromatic rings. The highest BCUT2D eigenvalue weighted by atomic mass is 79.9. The molecule has 0 atom stereocenters. The van der Waals surface area contributed by atoms with Gasteiger partial charge in [-0.1, -0.05) is 17.3 Å². The summed E-state index contributed by atoms with van der Waals surface area (Å²) in [6.45, 7) is 6.58. The van der Waals surface area contributed by atoms with Crippen molar-refractivity contribution in [2.75, 3.05) is 5.32 Å². The van der Waals surface area contributed by atoms with E-state index in [9.17, 15) is 0 Å². The summed E-state index contributed by atoms with van der Waals surface area (Å²) in [5.41, 5.74) is 5.05. The van der Waals surface area contributed by atoms with Gasteiger partial charge in [0.2, 0.25) is 0 Å². The Bertz CT molecular complexity index is 791. The number of aryl methyl sites for hydroxylation is 3. The van der Waals surface area contributed by atoms with Gasteiger partial charge in [0.15, 0.2) is 0 Å². The minimum absolute atomic E-state index is 0.687. The van der Waals surface area contributed by atoms with Crippen molar-refractivity contribution >= 4 is 32.5 Å². The zero-order valence-electron chi connectivity index (χ0n) is 12.2. The molecule has 0 saturated carbocycles. The van der Waals surface area contributed by atoms with Crippen LogP contribution in [0, 0.1) is 20.8 Å². The van der Waals surface area contributed by atoms with Gasteiger partial charge in [0.25, 0.3) is 0 Å². The third-order valence-corrected chi connectivity index (χ3v) is 4.20. The fourth-order valence-corrected chi connectivity index (χ4v) is 2.88. The molecule has 0 bridgehead atoms. The van der Waals surface area contributed by atoms with Gasteiger partial charge in [0.1, 0.15) is 5.76 Å². The molecular weight excluding hydrogens is 330 g/mol. The molecule has 2 heterocycles. The predicted octanol–water partition coefficient (Wildman–Crippen LogP) is 4.52. The first-order chi connectivity index (χ1) is 10.1. The van der Waals surface area contributed by atoms with Crippen LogP contribution in [-0.2, 0) is 6.54 Å². The number of fused-ring (bicyclic) bond motifs is 1. The second kappa shape index (κ2) is 5.48. The van der Waals surface area contributed by atoms with Gasteiger partial charge in [-0.3, -0.25) is 4.98 Å². The molecule has 108 valence electrons. The van der Waals surface area contributed by atoms with E-state index in [2.05, 4.69) is 43.5 Å². The number of nitrogens with zero attached hydrogens (tertiary/aromatic N) is 2. The van der Waals surface area contributed by atoms with Crippen LogP contribution in [0.15, 0.2) is 33.3 Å². The van der Waals surface area contributed by atoms with Crippen molar-refractivity contribution < 1.29 is 4.52 Å². The van der Waals surface area contributed by atoms with Crippen LogP contribution in [0.2, 0.25) is 0 Å². The second-order valence-corrected chi connectivity index (χ2v) is 5.96. The standard InChI is InChI=1S/C16H16BrN3O/c1-9-7-15(12-5-4-6-14(17)16(12)19-9)18-8-13-10(2)20-21-11(13)3/h4-7H,8H2,1-3H3,(H,18,19). The zero-order valence-corrected chi connectivity index (χ0v) is 13.8. The number of anilines is 1. The van der Waals surface area contributed by atoms with Crippen molar-refractivity contribution in [1.29, 1.82) is 0 Å². The van der Waals surface area contributed by atoms with Crippen LogP contribution in [0.3, 0.4) is 0 Å². The zero-order chi connectivity index (χ0) is 15.0. The quantitative estimate of drug-likeness (QED) is 0.757. The van der Waals surface area contributed by atoms with Gasteiger partial charge in [0, 0.05) is 33.3 Å². The van der Waals surface area contributed by atoms with Crippen LogP contribution < -0.4 is 5.32 Å². The number of aromatic nitrogens is 2. The van der Waals surface area contributed by atoms with E-state index < -0.39 is 0 Å². The number of para-hydroxylation sites is 1. The molecule has 5 heteroatoms. The Morgan fingerprint density at radius 2 is 2.05 bits per heavy atom. The van der Waals surface area contributed by atoms with Gasteiger partial charge in [-0.15, -0.1) is 0 Å². The van der Waals surface area contributed by atoms with Crippen LogP contribution in [0.1, 0.15) is 22.7 Å². The summed E-state index contributed by atoms with van der Waals surface area (Å²) < 4.78 is 6.21. The fraction of sp³-hybridized carbons (Fsp3) is 0.250. The Hall–Kier alpha value is -1.88. The van der Waals surface area contributed by atoms with Crippen molar-refractivity contribution in [2.45, 2.75) is 27.3 Å². The van der Waals surface area contributed by atoms with Crippen LogP contribution in [0.25, 0.3) is 10.9 Å². The highest BCUT2D eigenvalue weighted by molar-refractivity contribution is 9.10. The summed E-state index contributed by atoms with van der Waals surface area (Å²) in [7, 11) is 0. The van der Waals surface area contributed by atoms with E-state index in [4.69, 9.17) is 4.52 Å². The van der Waals surface area contributed by atoms with Crippen molar-refractivity contribution in [1.82, 2.24) is 10.1 Å².